The van der Waals surface area contributed by atoms with E-state index in [1.165, 1.54) is 19.2 Å². The minimum Gasteiger partial charge on any atom is -0.496 e. The van der Waals surface area contributed by atoms with Gasteiger partial charge < -0.3 is 15.2 Å². The maximum absolute atomic E-state index is 12.4. The van der Waals surface area contributed by atoms with Gasteiger partial charge >= 0.3 is 5.97 Å². The monoisotopic (exact) mass is 315 g/mol. The Morgan fingerprint density at radius 2 is 2.13 bits per heavy atom. The van der Waals surface area contributed by atoms with E-state index < -0.39 is 5.97 Å². The van der Waals surface area contributed by atoms with Crippen LogP contribution in [0.4, 0.5) is 5.69 Å². The molecule has 7 heteroatoms. The predicted molar refractivity (Wildman–Crippen MR) is 83.1 cm³/mol. The van der Waals surface area contributed by atoms with Crippen LogP contribution in [0.3, 0.4) is 0 Å². The highest BCUT2D eigenvalue weighted by Gasteiger charge is 2.20. The molecule has 0 bridgehead atoms. The molecule has 1 aromatic carbocycles. The van der Waals surface area contributed by atoms with E-state index >= 15 is 0 Å². The van der Waals surface area contributed by atoms with Gasteiger partial charge in [0.15, 0.2) is 0 Å². The van der Waals surface area contributed by atoms with Crippen molar-refractivity contribution in [2.24, 2.45) is 0 Å². The molecule has 0 unspecified atom stereocenters. The number of carboxylic acids is 1. The van der Waals surface area contributed by atoms with Gasteiger partial charge in [-0.15, -0.1) is 0 Å². The number of aromatic carboxylic acids is 1. The third-order valence-corrected chi connectivity index (χ3v) is 3.92. The van der Waals surface area contributed by atoms with Crippen molar-refractivity contribution in [1.29, 1.82) is 0 Å². The van der Waals surface area contributed by atoms with Crippen LogP contribution in [-0.2, 0) is 13.0 Å². The molecule has 0 fully saturated rings. The summed E-state index contributed by atoms with van der Waals surface area (Å²) in [5.41, 5.74) is 2.04. The number of aryl methyl sites for hydroxylation is 1. The number of anilines is 1. The lowest BCUT2D eigenvalue weighted by Gasteiger charge is -2.14. The molecular weight excluding hydrogens is 298 g/mol. The molecule has 0 saturated heterocycles. The van der Waals surface area contributed by atoms with Crippen LogP contribution in [0.5, 0.6) is 5.75 Å². The SMILES string of the molecule is COc1cc(NC(=O)c2cnn3c2CCCC3)ccc1C(=O)O. The van der Waals surface area contributed by atoms with Crippen molar-refractivity contribution in [1.82, 2.24) is 9.78 Å². The molecule has 1 amide bonds. The molecule has 0 radical (unpaired) electrons. The molecule has 0 aliphatic carbocycles. The molecule has 1 aliphatic rings. The summed E-state index contributed by atoms with van der Waals surface area (Å²) in [7, 11) is 1.39. The number of methoxy groups -OCH3 is 1. The third kappa shape index (κ3) is 2.90. The van der Waals surface area contributed by atoms with E-state index in [9.17, 15) is 9.59 Å². The predicted octanol–water partition coefficient (Wildman–Crippen LogP) is 2.18. The van der Waals surface area contributed by atoms with Crippen LogP contribution in [0.1, 0.15) is 39.3 Å². The first-order chi connectivity index (χ1) is 11.1. The number of ether oxygens (including phenoxy) is 1. The number of carbonyl (C=O) groups is 2. The van der Waals surface area contributed by atoms with Crippen molar-refractivity contribution in [3.8, 4) is 5.75 Å². The van der Waals surface area contributed by atoms with Gasteiger partial charge in [-0.25, -0.2) is 4.79 Å². The zero-order valence-corrected chi connectivity index (χ0v) is 12.7. The Morgan fingerprint density at radius 1 is 1.30 bits per heavy atom. The van der Waals surface area contributed by atoms with Gasteiger partial charge in [-0.3, -0.25) is 9.48 Å². The Morgan fingerprint density at radius 3 is 2.87 bits per heavy atom. The summed E-state index contributed by atoms with van der Waals surface area (Å²) in [4.78, 5) is 23.5. The topological polar surface area (TPSA) is 93.5 Å². The average molecular weight is 315 g/mol. The van der Waals surface area contributed by atoms with Gasteiger partial charge in [-0.05, 0) is 31.4 Å². The van der Waals surface area contributed by atoms with Crippen LogP contribution >= 0.6 is 0 Å². The number of carboxylic acid groups (broad SMARTS) is 1. The van der Waals surface area contributed by atoms with E-state index in [-0.39, 0.29) is 17.2 Å². The van der Waals surface area contributed by atoms with Gasteiger partial charge in [-0.1, -0.05) is 0 Å². The molecule has 1 aromatic heterocycles. The lowest BCUT2D eigenvalue weighted by molar-refractivity contribution is 0.0693. The number of fused-ring (bicyclic) bond motifs is 1. The van der Waals surface area contributed by atoms with Crippen LogP contribution in [-0.4, -0.2) is 33.9 Å². The number of rotatable bonds is 4. The Balaban J connectivity index is 1.83. The number of amides is 1. The first-order valence-corrected chi connectivity index (χ1v) is 7.37. The van der Waals surface area contributed by atoms with E-state index in [4.69, 9.17) is 9.84 Å². The van der Waals surface area contributed by atoms with Crippen LogP contribution in [0, 0.1) is 0 Å². The second-order valence-corrected chi connectivity index (χ2v) is 5.36. The number of aromatic nitrogens is 2. The van der Waals surface area contributed by atoms with Gasteiger partial charge in [0.2, 0.25) is 0 Å². The van der Waals surface area contributed by atoms with Crippen LogP contribution in [0.2, 0.25) is 0 Å². The summed E-state index contributed by atoms with van der Waals surface area (Å²) in [6, 6.07) is 4.45. The fraction of sp³-hybridized carbons (Fsp3) is 0.312. The van der Waals surface area contributed by atoms with E-state index in [1.54, 1.807) is 12.3 Å². The normalized spacial score (nSPS) is 13.3. The summed E-state index contributed by atoms with van der Waals surface area (Å²) in [6.45, 7) is 0.837. The first kappa shape index (κ1) is 15.1. The quantitative estimate of drug-likeness (QED) is 0.902. The van der Waals surface area contributed by atoms with Gasteiger partial charge in [0.25, 0.3) is 5.91 Å². The Labute approximate surface area is 132 Å². The standard InChI is InChI=1S/C16H17N3O4/c1-23-14-8-10(5-6-11(14)16(21)22)18-15(20)12-9-17-19-7-3-2-4-13(12)19/h5-6,8-9H,2-4,7H2,1H3,(H,18,20)(H,21,22). The number of nitrogens with one attached hydrogen (secondary N) is 1. The molecule has 0 atom stereocenters. The van der Waals surface area contributed by atoms with Crippen molar-refractivity contribution in [2.45, 2.75) is 25.8 Å². The molecule has 2 heterocycles. The zero-order valence-electron chi connectivity index (χ0n) is 12.7. The molecule has 0 saturated carbocycles. The summed E-state index contributed by atoms with van der Waals surface area (Å²) in [5.74, 6) is -1.13. The number of benzene rings is 1. The van der Waals surface area contributed by atoms with Gasteiger partial charge in [0.1, 0.15) is 11.3 Å². The van der Waals surface area contributed by atoms with Crippen LogP contribution in [0.25, 0.3) is 0 Å². The highest BCUT2D eigenvalue weighted by molar-refractivity contribution is 6.05. The molecular formula is C16H17N3O4. The van der Waals surface area contributed by atoms with Crippen molar-refractivity contribution >= 4 is 17.6 Å². The molecule has 2 aromatic rings. The van der Waals surface area contributed by atoms with Crippen molar-refractivity contribution in [3.05, 3.63) is 41.2 Å². The Bertz CT molecular complexity index is 767. The van der Waals surface area contributed by atoms with Crippen LogP contribution < -0.4 is 10.1 Å². The van der Waals surface area contributed by atoms with Crippen LogP contribution in [0.15, 0.2) is 24.4 Å². The smallest absolute Gasteiger partial charge is 0.339 e. The number of carbonyl (C=O) groups excluding carboxylic acids is 1. The molecule has 2 N–H and O–H groups in total. The number of hydrogen-bond acceptors (Lipinski definition) is 4. The van der Waals surface area contributed by atoms with Crippen molar-refractivity contribution < 1.29 is 19.4 Å². The minimum absolute atomic E-state index is 0.0495. The third-order valence-electron chi connectivity index (χ3n) is 3.92. The second kappa shape index (κ2) is 6.12. The van der Waals surface area contributed by atoms with E-state index in [0.29, 0.717) is 11.3 Å². The summed E-state index contributed by atoms with van der Waals surface area (Å²) >= 11 is 0. The van der Waals surface area contributed by atoms with Crippen molar-refractivity contribution in [2.75, 3.05) is 12.4 Å². The summed E-state index contributed by atoms with van der Waals surface area (Å²) in [5, 5.41) is 16.1. The molecule has 120 valence electrons. The second-order valence-electron chi connectivity index (χ2n) is 5.36. The first-order valence-electron chi connectivity index (χ1n) is 7.37. The van der Waals surface area contributed by atoms with Gasteiger partial charge in [0, 0.05) is 18.3 Å². The average Bonchev–Trinajstić information content (AvgIpc) is 2.98. The molecule has 3 rings (SSSR count). The molecule has 0 spiro atoms. The van der Waals surface area contributed by atoms with E-state index in [2.05, 4.69) is 10.4 Å². The lowest BCUT2D eigenvalue weighted by Crippen LogP contribution is -2.17. The van der Waals surface area contributed by atoms with Crippen molar-refractivity contribution in [3.63, 3.8) is 0 Å². The Hall–Kier alpha value is -2.83. The van der Waals surface area contributed by atoms with E-state index in [0.717, 1.165) is 31.5 Å². The molecule has 7 nitrogen and oxygen atoms in total. The fourth-order valence-electron chi connectivity index (χ4n) is 2.75. The molecule has 23 heavy (non-hydrogen) atoms. The van der Waals surface area contributed by atoms with Gasteiger partial charge in [-0.2, -0.15) is 5.10 Å². The number of nitrogens with zero attached hydrogens (tertiary/aromatic N) is 2. The highest BCUT2D eigenvalue weighted by Crippen LogP contribution is 2.24. The Kier molecular flexibility index (Phi) is 4.01. The summed E-state index contributed by atoms with van der Waals surface area (Å²) in [6.07, 6.45) is 4.54. The fourth-order valence-corrected chi connectivity index (χ4v) is 2.75. The summed E-state index contributed by atoms with van der Waals surface area (Å²) < 4.78 is 6.93. The number of hydrogen-bond donors (Lipinski definition) is 2. The maximum Gasteiger partial charge on any atom is 0.339 e. The largest absolute Gasteiger partial charge is 0.496 e. The lowest BCUT2D eigenvalue weighted by atomic mass is 10.1. The minimum atomic E-state index is -1.08. The van der Waals surface area contributed by atoms with E-state index in [1.807, 2.05) is 4.68 Å². The maximum atomic E-state index is 12.4. The zero-order chi connectivity index (χ0) is 16.4. The highest BCUT2D eigenvalue weighted by atomic mass is 16.5. The molecule has 1 aliphatic heterocycles. The van der Waals surface area contributed by atoms with Gasteiger partial charge in [0.05, 0.1) is 24.6 Å².